The van der Waals surface area contributed by atoms with E-state index < -0.39 is 0 Å². The molecule has 0 aliphatic carbocycles. The van der Waals surface area contributed by atoms with Crippen LogP contribution in [0.2, 0.25) is 0 Å². The zero-order valence-corrected chi connectivity index (χ0v) is 7.97. The minimum absolute atomic E-state index is 0.347. The van der Waals surface area contributed by atoms with Crippen LogP contribution in [0.5, 0.6) is 0 Å². The monoisotopic (exact) mass is 159 g/mol. The van der Waals surface area contributed by atoms with Gasteiger partial charge in [-0.3, -0.25) is 0 Å². The van der Waals surface area contributed by atoms with Crippen molar-refractivity contribution in [2.24, 2.45) is 11.7 Å². The first-order valence-electron chi connectivity index (χ1n) is 4.41. The van der Waals surface area contributed by atoms with Crippen molar-refractivity contribution in [3.05, 3.63) is 0 Å². The molecule has 0 heterocycles. The number of nitrogens with two attached hydrogens (primary N) is 1. The Balaban J connectivity index is 3.15. The van der Waals surface area contributed by atoms with Gasteiger partial charge in [0.15, 0.2) is 0 Å². The molecule has 2 atom stereocenters. The van der Waals surface area contributed by atoms with Crippen LogP contribution >= 0.6 is 0 Å². The standard InChI is InChI=1S/C9H21NO/c1-8(6-7-11-3)4-5-9(2)10/h8-9H,4-7,10H2,1-3H3. The predicted molar refractivity (Wildman–Crippen MR) is 48.5 cm³/mol. The van der Waals surface area contributed by atoms with Crippen LogP contribution in [0.4, 0.5) is 0 Å². The van der Waals surface area contributed by atoms with E-state index in [0.29, 0.717) is 6.04 Å². The molecule has 0 amide bonds. The summed E-state index contributed by atoms with van der Waals surface area (Å²) in [6, 6.07) is 0.347. The van der Waals surface area contributed by atoms with Crippen LogP contribution in [0, 0.1) is 5.92 Å². The summed E-state index contributed by atoms with van der Waals surface area (Å²) in [5.41, 5.74) is 5.64. The summed E-state index contributed by atoms with van der Waals surface area (Å²) in [6.45, 7) is 5.19. The summed E-state index contributed by atoms with van der Waals surface area (Å²) in [4.78, 5) is 0. The van der Waals surface area contributed by atoms with E-state index in [1.807, 2.05) is 0 Å². The second-order valence-electron chi connectivity index (χ2n) is 3.44. The van der Waals surface area contributed by atoms with Gasteiger partial charge in [0.1, 0.15) is 0 Å². The largest absolute Gasteiger partial charge is 0.385 e. The van der Waals surface area contributed by atoms with Gasteiger partial charge < -0.3 is 10.5 Å². The van der Waals surface area contributed by atoms with Crippen LogP contribution in [0.3, 0.4) is 0 Å². The molecule has 0 fully saturated rings. The van der Waals surface area contributed by atoms with Gasteiger partial charge in [0.25, 0.3) is 0 Å². The lowest BCUT2D eigenvalue weighted by molar-refractivity contribution is 0.177. The van der Waals surface area contributed by atoms with E-state index in [1.54, 1.807) is 7.11 Å². The van der Waals surface area contributed by atoms with Gasteiger partial charge in [0, 0.05) is 19.8 Å². The maximum Gasteiger partial charge on any atom is 0.0464 e. The van der Waals surface area contributed by atoms with Crippen molar-refractivity contribution < 1.29 is 4.74 Å². The minimum atomic E-state index is 0.347. The normalized spacial score (nSPS) is 16.4. The van der Waals surface area contributed by atoms with Crippen LogP contribution < -0.4 is 5.73 Å². The highest BCUT2D eigenvalue weighted by molar-refractivity contribution is 4.58. The van der Waals surface area contributed by atoms with Gasteiger partial charge >= 0.3 is 0 Å². The van der Waals surface area contributed by atoms with Gasteiger partial charge in [0.05, 0.1) is 0 Å². The van der Waals surface area contributed by atoms with Crippen molar-refractivity contribution in [1.29, 1.82) is 0 Å². The molecule has 0 aliphatic heterocycles. The summed E-state index contributed by atoms with van der Waals surface area (Å²) < 4.78 is 4.99. The van der Waals surface area contributed by atoms with E-state index in [-0.39, 0.29) is 0 Å². The van der Waals surface area contributed by atoms with Gasteiger partial charge in [-0.25, -0.2) is 0 Å². The molecule has 0 saturated heterocycles. The Labute approximate surface area is 70.1 Å². The molecule has 0 aromatic heterocycles. The average Bonchev–Trinajstić information content (AvgIpc) is 1.97. The fraction of sp³-hybridized carbons (Fsp3) is 1.00. The SMILES string of the molecule is COCCC(C)CCC(C)N. The van der Waals surface area contributed by atoms with Crippen LogP contribution in [0.1, 0.15) is 33.1 Å². The third-order valence-corrected chi connectivity index (χ3v) is 1.93. The molecule has 0 aromatic carbocycles. The van der Waals surface area contributed by atoms with E-state index in [9.17, 15) is 0 Å². The zero-order chi connectivity index (χ0) is 8.69. The Hall–Kier alpha value is -0.0800. The van der Waals surface area contributed by atoms with E-state index in [4.69, 9.17) is 10.5 Å². The van der Waals surface area contributed by atoms with Gasteiger partial charge in [-0.1, -0.05) is 6.92 Å². The molecule has 11 heavy (non-hydrogen) atoms. The third kappa shape index (κ3) is 7.82. The summed E-state index contributed by atoms with van der Waals surface area (Å²) in [5.74, 6) is 0.751. The van der Waals surface area contributed by atoms with Gasteiger partial charge in [-0.15, -0.1) is 0 Å². The molecule has 68 valence electrons. The van der Waals surface area contributed by atoms with E-state index in [1.165, 1.54) is 6.42 Å². The third-order valence-electron chi connectivity index (χ3n) is 1.93. The van der Waals surface area contributed by atoms with Gasteiger partial charge in [-0.2, -0.15) is 0 Å². The lowest BCUT2D eigenvalue weighted by atomic mass is 10.00. The van der Waals surface area contributed by atoms with Crippen LogP contribution in [0.15, 0.2) is 0 Å². The molecule has 2 nitrogen and oxygen atoms in total. The van der Waals surface area contributed by atoms with Crippen LogP contribution in [0.25, 0.3) is 0 Å². The average molecular weight is 159 g/mol. The minimum Gasteiger partial charge on any atom is -0.385 e. The maximum absolute atomic E-state index is 5.64. The first-order valence-corrected chi connectivity index (χ1v) is 4.41. The second kappa shape index (κ2) is 6.62. The molecular weight excluding hydrogens is 138 g/mol. The first-order chi connectivity index (χ1) is 5.16. The Kier molecular flexibility index (Phi) is 6.57. The number of ether oxygens (including phenoxy) is 1. The number of hydrogen-bond donors (Lipinski definition) is 1. The van der Waals surface area contributed by atoms with E-state index in [2.05, 4.69) is 13.8 Å². The summed E-state index contributed by atoms with van der Waals surface area (Å²) in [6.07, 6.45) is 3.51. The van der Waals surface area contributed by atoms with Crippen molar-refractivity contribution >= 4 is 0 Å². The molecule has 0 aromatic rings. The lowest BCUT2D eigenvalue weighted by Crippen LogP contribution is -2.16. The summed E-state index contributed by atoms with van der Waals surface area (Å²) >= 11 is 0. The van der Waals surface area contributed by atoms with Crippen molar-refractivity contribution in [2.45, 2.75) is 39.2 Å². The predicted octanol–water partition coefficient (Wildman–Crippen LogP) is 1.79. The highest BCUT2D eigenvalue weighted by Crippen LogP contribution is 2.10. The van der Waals surface area contributed by atoms with Crippen LogP contribution in [-0.4, -0.2) is 19.8 Å². The van der Waals surface area contributed by atoms with Crippen LogP contribution in [-0.2, 0) is 4.74 Å². The Morgan fingerprint density at radius 3 is 2.27 bits per heavy atom. The molecule has 2 heteroatoms. The van der Waals surface area contributed by atoms with Gasteiger partial charge in [-0.05, 0) is 32.1 Å². The van der Waals surface area contributed by atoms with Crippen molar-refractivity contribution in [3.63, 3.8) is 0 Å². The Bertz CT molecular complexity index is 83.6. The second-order valence-corrected chi connectivity index (χ2v) is 3.44. The van der Waals surface area contributed by atoms with E-state index in [0.717, 1.165) is 25.4 Å². The topological polar surface area (TPSA) is 35.2 Å². The molecule has 0 aliphatic rings. The highest BCUT2D eigenvalue weighted by atomic mass is 16.5. The molecule has 2 unspecified atom stereocenters. The maximum atomic E-state index is 5.64. The quantitative estimate of drug-likeness (QED) is 0.641. The lowest BCUT2D eigenvalue weighted by Gasteiger charge is -2.11. The fourth-order valence-electron chi connectivity index (χ4n) is 1.01. The number of hydrogen-bond acceptors (Lipinski definition) is 2. The molecule has 0 radical (unpaired) electrons. The summed E-state index contributed by atoms with van der Waals surface area (Å²) in [7, 11) is 1.75. The van der Waals surface area contributed by atoms with Crippen molar-refractivity contribution in [3.8, 4) is 0 Å². The fourth-order valence-corrected chi connectivity index (χ4v) is 1.01. The highest BCUT2D eigenvalue weighted by Gasteiger charge is 2.02. The van der Waals surface area contributed by atoms with E-state index >= 15 is 0 Å². The smallest absolute Gasteiger partial charge is 0.0464 e. The number of rotatable bonds is 6. The molecule has 0 spiro atoms. The molecular formula is C9H21NO. The van der Waals surface area contributed by atoms with Gasteiger partial charge in [0.2, 0.25) is 0 Å². The Morgan fingerprint density at radius 1 is 1.18 bits per heavy atom. The van der Waals surface area contributed by atoms with Crippen molar-refractivity contribution in [2.75, 3.05) is 13.7 Å². The molecule has 0 saturated carbocycles. The number of methoxy groups -OCH3 is 1. The molecule has 2 N–H and O–H groups in total. The molecule has 0 bridgehead atoms. The first kappa shape index (κ1) is 10.9. The summed E-state index contributed by atoms with van der Waals surface area (Å²) in [5, 5.41) is 0. The zero-order valence-electron chi connectivity index (χ0n) is 7.97. The molecule has 0 rings (SSSR count). The van der Waals surface area contributed by atoms with Crippen molar-refractivity contribution in [1.82, 2.24) is 0 Å². The Morgan fingerprint density at radius 2 is 1.82 bits per heavy atom.